The second-order valence-corrected chi connectivity index (χ2v) is 5.79. The molecule has 1 unspecified atom stereocenters. The molecule has 0 aromatic rings. The van der Waals surface area contributed by atoms with Gasteiger partial charge in [0, 0.05) is 19.0 Å². The minimum Gasteiger partial charge on any atom is -0.480 e. The molecular weight excluding hydrogens is 250 g/mol. The highest BCUT2D eigenvalue weighted by atomic mass is 16.4. The second-order valence-electron chi connectivity index (χ2n) is 5.79. The quantitative estimate of drug-likeness (QED) is 0.582. The number of urea groups is 1. The molecule has 0 aliphatic carbocycles. The van der Waals surface area contributed by atoms with Crippen molar-refractivity contribution in [1.82, 2.24) is 16.0 Å². The highest BCUT2D eigenvalue weighted by Crippen LogP contribution is 2.19. The molecule has 0 radical (unpaired) electrons. The van der Waals surface area contributed by atoms with Crippen molar-refractivity contribution in [3.63, 3.8) is 0 Å². The third-order valence-corrected chi connectivity index (χ3v) is 2.99. The van der Waals surface area contributed by atoms with Crippen molar-refractivity contribution in [2.24, 2.45) is 5.41 Å². The summed E-state index contributed by atoms with van der Waals surface area (Å²) in [6.45, 7) is 5.60. The zero-order valence-electron chi connectivity index (χ0n) is 11.4. The van der Waals surface area contributed by atoms with E-state index in [2.05, 4.69) is 16.0 Å². The first-order valence-electron chi connectivity index (χ1n) is 6.26. The van der Waals surface area contributed by atoms with Crippen LogP contribution in [0.25, 0.3) is 0 Å². The predicted octanol–water partition coefficient (Wildman–Crippen LogP) is 0.0635. The lowest BCUT2D eigenvalue weighted by molar-refractivity contribution is -0.141. The number of hydrogen-bond donors (Lipinski definition) is 4. The summed E-state index contributed by atoms with van der Waals surface area (Å²) in [5.41, 5.74) is -0.579. The summed E-state index contributed by atoms with van der Waals surface area (Å²) < 4.78 is 0. The van der Waals surface area contributed by atoms with Gasteiger partial charge in [-0.25, -0.2) is 9.59 Å². The fourth-order valence-electron chi connectivity index (χ4n) is 1.86. The highest BCUT2D eigenvalue weighted by molar-refractivity contribution is 5.83. The van der Waals surface area contributed by atoms with Crippen LogP contribution in [0.3, 0.4) is 0 Å². The van der Waals surface area contributed by atoms with Crippen LogP contribution in [-0.4, -0.2) is 41.6 Å². The zero-order valence-corrected chi connectivity index (χ0v) is 11.4. The van der Waals surface area contributed by atoms with Gasteiger partial charge in [0.25, 0.3) is 0 Å². The normalized spacial score (nSPS) is 21.2. The maximum Gasteiger partial charge on any atom is 0.326 e. The molecule has 0 aromatic heterocycles. The number of amides is 3. The van der Waals surface area contributed by atoms with E-state index in [0.717, 1.165) is 0 Å². The van der Waals surface area contributed by atoms with E-state index < -0.39 is 23.5 Å². The summed E-state index contributed by atoms with van der Waals surface area (Å²) in [4.78, 5) is 33.8. The van der Waals surface area contributed by atoms with E-state index in [-0.39, 0.29) is 11.9 Å². The van der Waals surface area contributed by atoms with Gasteiger partial charge in [-0.3, -0.25) is 4.79 Å². The number of nitrogens with one attached hydrogen (secondary N) is 3. The molecule has 1 saturated heterocycles. The van der Waals surface area contributed by atoms with Crippen molar-refractivity contribution >= 4 is 17.9 Å². The topological polar surface area (TPSA) is 108 Å². The fourth-order valence-corrected chi connectivity index (χ4v) is 1.86. The molecule has 4 N–H and O–H groups in total. The summed E-state index contributed by atoms with van der Waals surface area (Å²) in [6.07, 6.45) is 0.930. The molecule has 1 rings (SSSR count). The predicted molar refractivity (Wildman–Crippen MR) is 68.6 cm³/mol. The summed E-state index contributed by atoms with van der Waals surface area (Å²) in [5, 5.41) is 16.9. The minimum absolute atomic E-state index is 0.0310. The lowest BCUT2D eigenvalue weighted by Crippen LogP contribution is -2.56. The van der Waals surface area contributed by atoms with Gasteiger partial charge in [-0.1, -0.05) is 20.8 Å². The van der Waals surface area contributed by atoms with Crippen LogP contribution in [0.2, 0.25) is 0 Å². The van der Waals surface area contributed by atoms with Gasteiger partial charge in [0.05, 0.1) is 0 Å². The van der Waals surface area contributed by atoms with Gasteiger partial charge in [0.1, 0.15) is 6.04 Å². The van der Waals surface area contributed by atoms with E-state index in [1.54, 1.807) is 20.8 Å². The number of carboxylic acid groups (broad SMARTS) is 1. The number of carbonyl (C=O) groups excluding carboxylic acids is 2. The van der Waals surface area contributed by atoms with E-state index in [0.29, 0.717) is 19.4 Å². The first-order chi connectivity index (χ1) is 8.70. The Hall–Kier alpha value is -1.79. The van der Waals surface area contributed by atoms with E-state index in [4.69, 9.17) is 5.11 Å². The molecule has 2 atom stereocenters. The van der Waals surface area contributed by atoms with E-state index >= 15 is 0 Å². The Morgan fingerprint density at radius 3 is 2.47 bits per heavy atom. The average molecular weight is 271 g/mol. The van der Waals surface area contributed by atoms with Crippen LogP contribution in [0, 0.1) is 5.41 Å². The molecule has 0 bridgehead atoms. The zero-order chi connectivity index (χ0) is 14.6. The van der Waals surface area contributed by atoms with Crippen LogP contribution < -0.4 is 16.0 Å². The average Bonchev–Trinajstić information content (AvgIpc) is 2.27. The van der Waals surface area contributed by atoms with Crippen LogP contribution in [0.5, 0.6) is 0 Å². The molecule has 0 aromatic carbocycles. The van der Waals surface area contributed by atoms with Crippen LogP contribution in [0.15, 0.2) is 0 Å². The SMILES string of the molecule is CC(C)(C)[C@H](NC(=O)NC1CCC(=O)NC1)C(=O)O. The van der Waals surface area contributed by atoms with Crippen molar-refractivity contribution in [3.05, 3.63) is 0 Å². The van der Waals surface area contributed by atoms with Gasteiger partial charge in [-0.05, 0) is 11.8 Å². The Bertz CT molecular complexity index is 366. The molecule has 108 valence electrons. The summed E-state index contributed by atoms with van der Waals surface area (Å²) in [7, 11) is 0. The van der Waals surface area contributed by atoms with Crippen LogP contribution in [0.4, 0.5) is 4.79 Å². The number of hydrogen-bond acceptors (Lipinski definition) is 3. The van der Waals surface area contributed by atoms with Gasteiger partial charge < -0.3 is 21.1 Å². The Labute approximate surface area is 112 Å². The Morgan fingerprint density at radius 1 is 1.42 bits per heavy atom. The minimum atomic E-state index is -1.07. The van der Waals surface area contributed by atoms with Crippen molar-refractivity contribution in [2.45, 2.75) is 45.7 Å². The van der Waals surface area contributed by atoms with Gasteiger partial charge in [0.2, 0.25) is 5.91 Å². The molecule has 3 amide bonds. The summed E-state index contributed by atoms with van der Waals surface area (Å²) in [6, 6.07) is -1.65. The molecule has 0 spiro atoms. The number of carboxylic acids is 1. The molecule has 7 heteroatoms. The van der Waals surface area contributed by atoms with Gasteiger partial charge in [-0.2, -0.15) is 0 Å². The number of aliphatic carboxylic acids is 1. The van der Waals surface area contributed by atoms with E-state index in [1.807, 2.05) is 0 Å². The maximum atomic E-state index is 11.8. The molecule has 1 heterocycles. The van der Waals surface area contributed by atoms with Crippen LogP contribution in [0.1, 0.15) is 33.6 Å². The van der Waals surface area contributed by atoms with Crippen LogP contribution >= 0.6 is 0 Å². The Balaban J connectivity index is 2.49. The lowest BCUT2D eigenvalue weighted by atomic mass is 9.87. The Kier molecular flexibility index (Phi) is 4.74. The molecule has 1 aliphatic rings. The largest absolute Gasteiger partial charge is 0.480 e. The first kappa shape index (κ1) is 15.3. The number of piperidine rings is 1. The van der Waals surface area contributed by atoms with Gasteiger partial charge >= 0.3 is 12.0 Å². The van der Waals surface area contributed by atoms with E-state index in [1.165, 1.54) is 0 Å². The van der Waals surface area contributed by atoms with Gasteiger partial charge in [-0.15, -0.1) is 0 Å². The number of carbonyl (C=O) groups is 3. The third kappa shape index (κ3) is 4.76. The maximum absolute atomic E-state index is 11.8. The van der Waals surface area contributed by atoms with Crippen molar-refractivity contribution < 1.29 is 19.5 Å². The van der Waals surface area contributed by atoms with Crippen molar-refractivity contribution in [3.8, 4) is 0 Å². The Morgan fingerprint density at radius 2 is 2.05 bits per heavy atom. The first-order valence-corrected chi connectivity index (χ1v) is 6.26. The fraction of sp³-hybridized carbons (Fsp3) is 0.750. The summed E-state index contributed by atoms with van der Waals surface area (Å²) >= 11 is 0. The van der Waals surface area contributed by atoms with Crippen molar-refractivity contribution in [2.75, 3.05) is 6.54 Å². The van der Waals surface area contributed by atoms with Crippen LogP contribution in [-0.2, 0) is 9.59 Å². The highest BCUT2D eigenvalue weighted by Gasteiger charge is 2.33. The molecule has 1 aliphatic heterocycles. The van der Waals surface area contributed by atoms with Gasteiger partial charge in [0.15, 0.2) is 0 Å². The van der Waals surface area contributed by atoms with Crippen molar-refractivity contribution in [1.29, 1.82) is 0 Å². The third-order valence-electron chi connectivity index (χ3n) is 2.99. The summed E-state index contributed by atoms with van der Waals surface area (Å²) in [5.74, 6) is -1.10. The van der Waals surface area contributed by atoms with E-state index in [9.17, 15) is 14.4 Å². The monoisotopic (exact) mass is 271 g/mol. The second kappa shape index (κ2) is 5.90. The molecule has 19 heavy (non-hydrogen) atoms. The number of rotatable bonds is 3. The lowest BCUT2D eigenvalue weighted by Gasteiger charge is -2.29. The molecular formula is C12H21N3O4. The molecule has 1 fully saturated rings. The smallest absolute Gasteiger partial charge is 0.326 e. The standard InChI is InChI=1S/C12H21N3O4/c1-12(2,3)9(10(17)18)15-11(19)14-7-4-5-8(16)13-6-7/h7,9H,4-6H2,1-3H3,(H,13,16)(H,17,18)(H2,14,15,19)/t7?,9-/m1/s1. The molecule has 7 nitrogen and oxygen atoms in total. The molecule has 0 saturated carbocycles.